The highest BCUT2D eigenvalue weighted by atomic mass is 79.9. The average Bonchev–Trinajstić information content (AvgIpc) is 1.86. The summed E-state index contributed by atoms with van der Waals surface area (Å²) in [6.07, 6.45) is 2.58. The lowest BCUT2D eigenvalue weighted by atomic mass is 10.4. The number of hydrazine groups is 1. The second-order valence-electron chi connectivity index (χ2n) is 1.74. The van der Waals surface area contributed by atoms with Crippen LogP contribution in [0.2, 0.25) is 0 Å². The van der Waals surface area contributed by atoms with Crippen molar-refractivity contribution in [3.8, 4) is 0 Å². The molecule has 1 heterocycles. The lowest BCUT2D eigenvalue weighted by molar-refractivity contribution is 0.355. The van der Waals surface area contributed by atoms with Crippen molar-refractivity contribution in [1.82, 2.24) is 5.01 Å². The quantitative estimate of drug-likeness (QED) is 0.533. The summed E-state index contributed by atoms with van der Waals surface area (Å²) >= 11 is 0. The fourth-order valence-corrected chi connectivity index (χ4v) is 0.742. The van der Waals surface area contributed by atoms with E-state index < -0.39 is 0 Å². The fraction of sp³-hybridized carbons (Fsp3) is 1.00. The molecule has 1 saturated heterocycles. The Labute approximate surface area is 54.4 Å². The first kappa shape index (κ1) is 7.40. The molecule has 1 aliphatic heterocycles. The number of halogens is 1. The van der Waals surface area contributed by atoms with Gasteiger partial charge >= 0.3 is 0 Å². The summed E-state index contributed by atoms with van der Waals surface area (Å²) in [7, 11) is 0. The molecule has 0 atom stereocenters. The number of nitrogens with zero attached hydrogens (tertiary/aromatic N) is 1. The zero-order valence-corrected chi connectivity index (χ0v) is 5.97. The van der Waals surface area contributed by atoms with Crippen LogP contribution in [-0.2, 0) is 0 Å². The van der Waals surface area contributed by atoms with Crippen molar-refractivity contribution in [3.63, 3.8) is 0 Å². The van der Waals surface area contributed by atoms with E-state index >= 15 is 0 Å². The maximum atomic E-state index is 5.37. The van der Waals surface area contributed by atoms with Gasteiger partial charge in [-0.15, -0.1) is 17.0 Å². The Hall–Kier alpha value is 0.400. The maximum absolute atomic E-state index is 5.37. The number of nitrogens with two attached hydrogens (primary N) is 1. The van der Waals surface area contributed by atoms with Gasteiger partial charge in [0.25, 0.3) is 0 Å². The Morgan fingerprint density at radius 2 is 1.57 bits per heavy atom. The summed E-state index contributed by atoms with van der Waals surface area (Å²) in [5, 5.41) is 1.86. The maximum Gasteiger partial charge on any atom is 0.0129 e. The number of hydrogen-bond donors (Lipinski definition) is 1. The van der Waals surface area contributed by atoms with E-state index in [1.54, 1.807) is 0 Å². The van der Waals surface area contributed by atoms with Gasteiger partial charge in [-0.05, 0) is 12.8 Å². The monoisotopic (exact) mass is 166 g/mol. The summed E-state index contributed by atoms with van der Waals surface area (Å²) in [5.41, 5.74) is 0. The smallest absolute Gasteiger partial charge is 0.0129 e. The van der Waals surface area contributed by atoms with Gasteiger partial charge in [-0.2, -0.15) is 0 Å². The normalized spacial score (nSPS) is 21.9. The third-order valence-electron chi connectivity index (χ3n) is 1.14. The van der Waals surface area contributed by atoms with Crippen molar-refractivity contribution >= 4 is 17.0 Å². The summed E-state index contributed by atoms with van der Waals surface area (Å²) in [5.74, 6) is 5.37. The Morgan fingerprint density at radius 3 is 1.71 bits per heavy atom. The lowest BCUT2D eigenvalue weighted by Gasteiger charge is -2.01. The van der Waals surface area contributed by atoms with E-state index in [1.807, 2.05) is 5.01 Å². The van der Waals surface area contributed by atoms with Gasteiger partial charge in [0.1, 0.15) is 0 Å². The summed E-state index contributed by atoms with van der Waals surface area (Å²) in [6, 6.07) is 0. The minimum atomic E-state index is 0. The first-order valence-corrected chi connectivity index (χ1v) is 2.39. The molecule has 0 aliphatic carbocycles. The third-order valence-corrected chi connectivity index (χ3v) is 1.14. The van der Waals surface area contributed by atoms with E-state index in [0.29, 0.717) is 0 Å². The topological polar surface area (TPSA) is 29.3 Å². The molecule has 44 valence electrons. The molecule has 0 spiro atoms. The zero-order valence-electron chi connectivity index (χ0n) is 4.26. The molecule has 2 N–H and O–H groups in total. The Bertz CT molecular complexity index is 43.0. The molecule has 0 radical (unpaired) electrons. The van der Waals surface area contributed by atoms with Gasteiger partial charge in [0.2, 0.25) is 0 Å². The molecule has 0 aromatic heterocycles. The number of rotatable bonds is 0. The first-order chi connectivity index (χ1) is 2.89. The molecule has 7 heavy (non-hydrogen) atoms. The molecule has 0 aromatic carbocycles. The minimum absolute atomic E-state index is 0. The molecular formula is C4H11BrN2. The zero-order chi connectivity index (χ0) is 4.41. The highest BCUT2D eigenvalue weighted by Crippen LogP contribution is 1.99. The Morgan fingerprint density at radius 1 is 1.14 bits per heavy atom. The van der Waals surface area contributed by atoms with Gasteiger partial charge in [0.05, 0.1) is 0 Å². The van der Waals surface area contributed by atoms with Crippen molar-refractivity contribution in [2.24, 2.45) is 5.84 Å². The van der Waals surface area contributed by atoms with Crippen molar-refractivity contribution < 1.29 is 0 Å². The van der Waals surface area contributed by atoms with Gasteiger partial charge in [-0.25, -0.2) is 5.01 Å². The fourth-order valence-electron chi connectivity index (χ4n) is 0.742. The third kappa shape index (κ3) is 2.26. The molecule has 2 nitrogen and oxygen atoms in total. The standard InChI is InChI=1S/C4H10N2.BrH/c5-6-3-1-2-4-6;/h1-5H2;1H. The van der Waals surface area contributed by atoms with Crippen molar-refractivity contribution in [1.29, 1.82) is 0 Å². The van der Waals surface area contributed by atoms with Crippen molar-refractivity contribution in [2.45, 2.75) is 12.8 Å². The van der Waals surface area contributed by atoms with Gasteiger partial charge < -0.3 is 0 Å². The summed E-state index contributed by atoms with van der Waals surface area (Å²) in [6.45, 7) is 2.19. The van der Waals surface area contributed by atoms with Crippen molar-refractivity contribution in [2.75, 3.05) is 13.1 Å². The van der Waals surface area contributed by atoms with E-state index in [9.17, 15) is 0 Å². The van der Waals surface area contributed by atoms with Crippen molar-refractivity contribution in [3.05, 3.63) is 0 Å². The van der Waals surface area contributed by atoms with Crippen LogP contribution in [0.1, 0.15) is 12.8 Å². The molecule has 1 aliphatic rings. The molecule has 0 unspecified atom stereocenters. The molecule has 1 rings (SSSR count). The highest BCUT2D eigenvalue weighted by Gasteiger charge is 2.03. The predicted molar refractivity (Wildman–Crippen MR) is 35.3 cm³/mol. The van der Waals surface area contributed by atoms with Crippen LogP contribution < -0.4 is 5.84 Å². The molecular weight excluding hydrogens is 156 g/mol. The average molecular weight is 167 g/mol. The largest absolute Gasteiger partial charge is 0.269 e. The SMILES string of the molecule is Br.NN1CCCC1. The van der Waals surface area contributed by atoms with Gasteiger partial charge in [0, 0.05) is 13.1 Å². The summed E-state index contributed by atoms with van der Waals surface area (Å²) < 4.78 is 0. The first-order valence-electron chi connectivity index (χ1n) is 2.39. The van der Waals surface area contributed by atoms with E-state index in [4.69, 9.17) is 5.84 Å². The molecule has 1 fully saturated rings. The van der Waals surface area contributed by atoms with Crippen LogP contribution in [0.15, 0.2) is 0 Å². The minimum Gasteiger partial charge on any atom is -0.269 e. The highest BCUT2D eigenvalue weighted by molar-refractivity contribution is 8.93. The van der Waals surface area contributed by atoms with Gasteiger partial charge in [0.15, 0.2) is 0 Å². The molecule has 0 amide bonds. The van der Waals surface area contributed by atoms with Crippen LogP contribution in [0.3, 0.4) is 0 Å². The van der Waals surface area contributed by atoms with Crippen LogP contribution in [0.4, 0.5) is 0 Å². The van der Waals surface area contributed by atoms with Gasteiger partial charge in [-0.1, -0.05) is 0 Å². The molecule has 0 aromatic rings. The molecule has 0 saturated carbocycles. The van der Waals surface area contributed by atoms with Crippen LogP contribution >= 0.6 is 17.0 Å². The van der Waals surface area contributed by atoms with Crippen LogP contribution in [-0.4, -0.2) is 18.1 Å². The Balaban J connectivity index is 0.000000360. The van der Waals surface area contributed by atoms with E-state index in [2.05, 4.69) is 0 Å². The second kappa shape index (κ2) is 3.41. The Kier molecular flexibility index (Phi) is 3.60. The van der Waals surface area contributed by atoms with Gasteiger partial charge in [-0.3, -0.25) is 5.84 Å². The van der Waals surface area contributed by atoms with Crippen LogP contribution in [0.5, 0.6) is 0 Å². The molecule has 3 heteroatoms. The summed E-state index contributed by atoms with van der Waals surface area (Å²) in [4.78, 5) is 0. The predicted octanol–water partition coefficient (Wildman–Crippen LogP) is 0.534. The second-order valence-corrected chi connectivity index (χ2v) is 1.74. The van der Waals surface area contributed by atoms with E-state index in [-0.39, 0.29) is 17.0 Å². The van der Waals surface area contributed by atoms with Crippen LogP contribution in [0.25, 0.3) is 0 Å². The van der Waals surface area contributed by atoms with E-state index in [0.717, 1.165) is 13.1 Å². The molecule has 0 bridgehead atoms. The van der Waals surface area contributed by atoms with Crippen LogP contribution in [0, 0.1) is 0 Å². The lowest BCUT2D eigenvalue weighted by Crippen LogP contribution is -2.26. The number of hydrogen-bond acceptors (Lipinski definition) is 2. The van der Waals surface area contributed by atoms with E-state index in [1.165, 1.54) is 12.8 Å².